The van der Waals surface area contributed by atoms with E-state index < -0.39 is 6.29 Å². The molecule has 1 aliphatic heterocycles. The summed E-state index contributed by atoms with van der Waals surface area (Å²) >= 11 is 0. The predicted molar refractivity (Wildman–Crippen MR) is 53.7 cm³/mol. The van der Waals surface area contributed by atoms with Gasteiger partial charge in [-0.3, -0.25) is 4.79 Å². The lowest BCUT2D eigenvalue weighted by molar-refractivity contribution is -0.112. The minimum Gasteiger partial charge on any atom is -0.368 e. The standard InChI is InChI=1S/C11H18O3/c1-8(12)5-3-4-6-10-7-14-11(13)9(10)2/h3,5,9-11,13H,4,6-7H2,1-2H3. The molecule has 0 spiro atoms. The van der Waals surface area contributed by atoms with Gasteiger partial charge in [-0.25, -0.2) is 0 Å². The summed E-state index contributed by atoms with van der Waals surface area (Å²) in [6.07, 6.45) is 4.74. The van der Waals surface area contributed by atoms with Crippen LogP contribution in [0.1, 0.15) is 26.7 Å². The van der Waals surface area contributed by atoms with E-state index in [0.29, 0.717) is 12.5 Å². The van der Waals surface area contributed by atoms with Gasteiger partial charge in [-0.05, 0) is 31.8 Å². The van der Waals surface area contributed by atoms with E-state index in [0.717, 1.165) is 12.8 Å². The fourth-order valence-electron chi connectivity index (χ4n) is 1.66. The van der Waals surface area contributed by atoms with Crippen LogP contribution < -0.4 is 0 Å². The fraction of sp³-hybridized carbons (Fsp3) is 0.727. The van der Waals surface area contributed by atoms with E-state index in [1.54, 1.807) is 13.0 Å². The van der Waals surface area contributed by atoms with Crippen molar-refractivity contribution >= 4 is 5.78 Å². The van der Waals surface area contributed by atoms with Crippen LogP contribution in [0, 0.1) is 11.8 Å². The maximum absolute atomic E-state index is 10.6. The second-order valence-corrected chi connectivity index (χ2v) is 3.93. The average Bonchev–Trinajstić information content (AvgIpc) is 2.43. The van der Waals surface area contributed by atoms with Crippen molar-refractivity contribution in [2.75, 3.05) is 6.61 Å². The van der Waals surface area contributed by atoms with E-state index in [2.05, 4.69) is 0 Å². The third kappa shape index (κ3) is 3.24. The van der Waals surface area contributed by atoms with Crippen LogP contribution >= 0.6 is 0 Å². The Morgan fingerprint density at radius 1 is 1.64 bits per heavy atom. The summed E-state index contributed by atoms with van der Waals surface area (Å²) in [5, 5.41) is 9.32. The molecule has 14 heavy (non-hydrogen) atoms. The second-order valence-electron chi connectivity index (χ2n) is 3.93. The molecule has 1 rings (SSSR count). The topological polar surface area (TPSA) is 46.5 Å². The molecule has 1 N–H and O–H groups in total. The number of ether oxygens (including phenoxy) is 1. The molecule has 3 nitrogen and oxygen atoms in total. The Morgan fingerprint density at radius 2 is 2.36 bits per heavy atom. The average molecular weight is 198 g/mol. The molecule has 0 aromatic carbocycles. The van der Waals surface area contributed by atoms with Crippen molar-refractivity contribution in [3.8, 4) is 0 Å². The van der Waals surface area contributed by atoms with Crippen molar-refractivity contribution in [1.29, 1.82) is 0 Å². The van der Waals surface area contributed by atoms with Crippen molar-refractivity contribution in [2.45, 2.75) is 33.0 Å². The number of carbonyl (C=O) groups is 1. The maximum atomic E-state index is 10.6. The highest BCUT2D eigenvalue weighted by Gasteiger charge is 2.31. The van der Waals surface area contributed by atoms with Crippen LogP contribution in [0.3, 0.4) is 0 Å². The molecule has 0 aromatic rings. The summed E-state index contributed by atoms with van der Waals surface area (Å²) < 4.78 is 5.12. The minimum atomic E-state index is -0.600. The fourth-order valence-corrected chi connectivity index (χ4v) is 1.66. The number of ketones is 1. The lowest BCUT2D eigenvalue weighted by Gasteiger charge is -2.12. The molecule has 0 bridgehead atoms. The van der Waals surface area contributed by atoms with E-state index in [1.165, 1.54) is 0 Å². The summed E-state index contributed by atoms with van der Waals surface area (Å²) in [6.45, 7) is 4.18. The van der Waals surface area contributed by atoms with E-state index in [-0.39, 0.29) is 11.7 Å². The Kier molecular flexibility index (Phi) is 4.29. The largest absolute Gasteiger partial charge is 0.368 e. The summed E-state index contributed by atoms with van der Waals surface area (Å²) in [6, 6.07) is 0. The molecule has 1 aliphatic rings. The van der Waals surface area contributed by atoms with Crippen LogP contribution in [0.4, 0.5) is 0 Å². The van der Waals surface area contributed by atoms with E-state index >= 15 is 0 Å². The molecule has 0 saturated carbocycles. The van der Waals surface area contributed by atoms with Crippen LogP contribution in [-0.4, -0.2) is 23.8 Å². The van der Waals surface area contributed by atoms with E-state index in [9.17, 15) is 9.90 Å². The van der Waals surface area contributed by atoms with Gasteiger partial charge in [-0.1, -0.05) is 13.0 Å². The van der Waals surface area contributed by atoms with Crippen molar-refractivity contribution in [3.63, 3.8) is 0 Å². The van der Waals surface area contributed by atoms with Gasteiger partial charge < -0.3 is 9.84 Å². The highest BCUT2D eigenvalue weighted by molar-refractivity contribution is 5.87. The number of aliphatic hydroxyl groups excluding tert-OH is 1. The van der Waals surface area contributed by atoms with Crippen molar-refractivity contribution in [1.82, 2.24) is 0 Å². The molecule has 80 valence electrons. The maximum Gasteiger partial charge on any atom is 0.157 e. The Balaban J connectivity index is 2.22. The molecule has 0 aromatic heterocycles. The monoisotopic (exact) mass is 198 g/mol. The Hall–Kier alpha value is -0.670. The number of allylic oxidation sites excluding steroid dienone is 2. The van der Waals surface area contributed by atoms with E-state index in [4.69, 9.17) is 4.74 Å². The minimum absolute atomic E-state index is 0.0840. The highest BCUT2D eigenvalue weighted by atomic mass is 16.6. The first kappa shape index (κ1) is 11.4. The zero-order chi connectivity index (χ0) is 10.6. The third-order valence-corrected chi connectivity index (χ3v) is 2.73. The van der Waals surface area contributed by atoms with Crippen LogP contribution in [0.25, 0.3) is 0 Å². The van der Waals surface area contributed by atoms with Crippen LogP contribution in [-0.2, 0) is 9.53 Å². The number of carbonyl (C=O) groups excluding carboxylic acids is 1. The van der Waals surface area contributed by atoms with Gasteiger partial charge in [0.2, 0.25) is 0 Å². The smallest absolute Gasteiger partial charge is 0.157 e. The molecule has 1 fully saturated rings. The van der Waals surface area contributed by atoms with Crippen molar-refractivity contribution in [2.24, 2.45) is 11.8 Å². The SMILES string of the molecule is CC(=O)C=CCCC1COC(O)C1C. The summed E-state index contributed by atoms with van der Waals surface area (Å²) in [4.78, 5) is 10.6. The Morgan fingerprint density at radius 3 is 2.86 bits per heavy atom. The lowest BCUT2D eigenvalue weighted by Crippen LogP contribution is -2.16. The Bertz CT molecular complexity index is 223. The predicted octanol–water partition coefficient (Wildman–Crippen LogP) is 1.51. The number of hydrogen-bond acceptors (Lipinski definition) is 3. The molecule has 0 amide bonds. The molecular weight excluding hydrogens is 180 g/mol. The number of aliphatic hydroxyl groups is 1. The highest BCUT2D eigenvalue weighted by Crippen LogP contribution is 2.28. The molecule has 3 unspecified atom stereocenters. The van der Waals surface area contributed by atoms with Gasteiger partial charge in [0, 0.05) is 5.92 Å². The summed E-state index contributed by atoms with van der Waals surface area (Å²) in [7, 11) is 0. The lowest BCUT2D eigenvalue weighted by atomic mass is 9.92. The van der Waals surface area contributed by atoms with Crippen LogP contribution in [0.2, 0.25) is 0 Å². The van der Waals surface area contributed by atoms with E-state index in [1.807, 2.05) is 13.0 Å². The molecule has 0 radical (unpaired) electrons. The quantitative estimate of drug-likeness (QED) is 0.696. The first-order valence-corrected chi connectivity index (χ1v) is 5.08. The molecular formula is C11H18O3. The number of hydrogen-bond donors (Lipinski definition) is 1. The van der Waals surface area contributed by atoms with Gasteiger partial charge in [-0.15, -0.1) is 0 Å². The van der Waals surface area contributed by atoms with Crippen LogP contribution in [0.5, 0.6) is 0 Å². The molecule has 3 atom stereocenters. The Labute approximate surface area is 84.8 Å². The normalized spacial score (nSPS) is 32.6. The molecule has 3 heteroatoms. The van der Waals surface area contributed by atoms with Gasteiger partial charge in [0.25, 0.3) is 0 Å². The second kappa shape index (κ2) is 5.27. The first-order chi connectivity index (χ1) is 6.61. The first-order valence-electron chi connectivity index (χ1n) is 5.08. The zero-order valence-corrected chi connectivity index (χ0v) is 8.77. The van der Waals surface area contributed by atoms with Gasteiger partial charge in [-0.2, -0.15) is 0 Å². The van der Waals surface area contributed by atoms with Crippen molar-refractivity contribution in [3.05, 3.63) is 12.2 Å². The molecule has 1 heterocycles. The molecule has 1 saturated heterocycles. The van der Waals surface area contributed by atoms with Gasteiger partial charge >= 0.3 is 0 Å². The summed E-state index contributed by atoms with van der Waals surface area (Å²) in [5.41, 5.74) is 0. The summed E-state index contributed by atoms with van der Waals surface area (Å²) in [5.74, 6) is 0.711. The third-order valence-electron chi connectivity index (χ3n) is 2.73. The molecule has 0 aliphatic carbocycles. The van der Waals surface area contributed by atoms with Gasteiger partial charge in [0.05, 0.1) is 6.61 Å². The van der Waals surface area contributed by atoms with Gasteiger partial charge in [0.15, 0.2) is 12.1 Å². The number of rotatable bonds is 4. The van der Waals surface area contributed by atoms with Crippen LogP contribution in [0.15, 0.2) is 12.2 Å². The van der Waals surface area contributed by atoms with Gasteiger partial charge in [0.1, 0.15) is 0 Å². The zero-order valence-electron chi connectivity index (χ0n) is 8.77. The van der Waals surface area contributed by atoms with Crippen molar-refractivity contribution < 1.29 is 14.6 Å².